The van der Waals surface area contributed by atoms with Crippen molar-refractivity contribution in [2.75, 3.05) is 20.2 Å². The van der Waals surface area contributed by atoms with Gasteiger partial charge in [-0.05, 0) is 17.7 Å². The van der Waals surface area contributed by atoms with E-state index in [1.807, 2.05) is 12.1 Å². The fourth-order valence-corrected chi connectivity index (χ4v) is 1.74. The van der Waals surface area contributed by atoms with Crippen LogP contribution < -0.4 is 5.73 Å². The van der Waals surface area contributed by atoms with Gasteiger partial charge in [0, 0.05) is 19.6 Å². The molecule has 0 saturated carbocycles. The molecule has 1 aromatic carbocycles. The summed E-state index contributed by atoms with van der Waals surface area (Å²) in [7, 11) is 1.42. The van der Waals surface area contributed by atoms with Gasteiger partial charge in [-0.15, -0.1) is 0 Å². The lowest BCUT2D eigenvalue weighted by molar-refractivity contribution is -0.141. The summed E-state index contributed by atoms with van der Waals surface area (Å²) in [6, 6.07) is 8.26. The second-order valence-corrected chi connectivity index (χ2v) is 4.22. The summed E-state index contributed by atoms with van der Waals surface area (Å²) in [5, 5.41) is 0. The Morgan fingerprint density at radius 1 is 1.28 bits per heavy atom. The summed E-state index contributed by atoms with van der Waals surface area (Å²) in [6.45, 7) is 5.14. The largest absolute Gasteiger partial charge is 0.469 e. The SMILES string of the molecule is CCN(CCC(=O)OC)Cc1ccc(CN)cc1. The van der Waals surface area contributed by atoms with Crippen LogP contribution in [0.25, 0.3) is 0 Å². The van der Waals surface area contributed by atoms with Crippen LogP contribution in [-0.2, 0) is 22.6 Å². The van der Waals surface area contributed by atoms with Crippen LogP contribution in [0.2, 0.25) is 0 Å². The van der Waals surface area contributed by atoms with Crippen molar-refractivity contribution in [3.05, 3.63) is 35.4 Å². The number of esters is 1. The fraction of sp³-hybridized carbons (Fsp3) is 0.500. The number of hydrogen-bond donors (Lipinski definition) is 1. The van der Waals surface area contributed by atoms with Gasteiger partial charge >= 0.3 is 5.97 Å². The predicted octanol–water partition coefficient (Wildman–Crippen LogP) is 1.53. The van der Waals surface area contributed by atoms with Gasteiger partial charge in [-0.3, -0.25) is 9.69 Å². The minimum absolute atomic E-state index is 0.160. The first-order valence-electron chi connectivity index (χ1n) is 6.26. The minimum Gasteiger partial charge on any atom is -0.469 e. The van der Waals surface area contributed by atoms with Crippen molar-refractivity contribution < 1.29 is 9.53 Å². The normalized spacial score (nSPS) is 10.7. The zero-order chi connectivity index (χ0) is 13.4. The highest BCUT2D eigenvalue weighted by Gasteiger charge is 2.07. The fourth-order valence-electron chi connectivity index (χ4n) is 1.74. The van der Waals surface area contributed by atoms with Crippen LogP contribution in [0.1, 0.15) is 24.5 Å². The Kier molecular flexibility index (Phi) is 6.39. The van der Waals surface area contributed by atoms with E-state index >= 15 is 0 Å². The van der Waals surface area contributed by atoms with Gasteiger partial charge in [-0.25, -0.2) is 0 Å². The molecule has 0 radical (unpaired) electrons. The maximum Gasteiger partial charge on any atom is 0.306 e. The summed E-state index contributed by atoms with van der Waals surface area (Å²) in [4.78, 5) is 13.3. The molecule has 1 rings (SSSR count). The number of nitrogens with two attached hydrogens (primary N) is 1. The number of ether oxygens (including phenoxy) is 1. The molecule has 0 saturated heterocycles. The average Bonchev–Trinajstić information content (AvgIpc) is 2.43. The Labute approximate surface area is 109 Å². The van der Waals surface area contributed by atoms with Gasteiger partial charge in [0.2, 0.25) is 0 Å². The molecule has 1 aromatic rings. The monoisotopic (exact) mass is 250 g/mol. The zero-order valence-corrected chi connectivity index (χ0v) is 11.2. The number of benzene rings is 1. The Hall–Kier alpha value is -1.39. The van der Waals surface area contributed by atoms with Crippen molar-refractivity contribution >= 4 is 5.97 Å². The van der Waals surface area contributed by atoms with E-state index in [9.17, 15) is 4.79 Å². The van der Waals surface area contributed by atoms with Gasteiger partial charge in [0.05, 0.1) is 13.5 Å². The Morgan fingerprint density at radius 2 is 1.89 bits per heavy atom. The van der Waals surface area contributed by atoms with Gasteiger partial charge in [-0.2, -0.15) is 0 Å². The molecule has 4 nitrogen and oxygen atoms in total. The first-order chi connectivity index (χ1) is 8.69. The van der Waals surface area contributed by atoms with Gasteiger partial charge in [0.15, 0.2) is 0 Å². The van der Waals surface area contributed by atoms with Gasteiger partial charge in [-0.1, -0.05) is 31.2 Å². The summed E-state index contributed by atoms with van der Waals surface area (Å²) in [5.74, 6) is -0.160. The highest BCUT2D eigenvalue weighted by atomic mass is 16.5. The molecule has 0 aliphatic rings. The molecule has 0 aliphatic carbocycles. The molecule has 0 unspecified atom stereocenters. The van der Waals surface area contributed by atoms with Gasteiger partial charge in [0.25, 0.3) is 0 Å². The molecule has 2 N–H and O–H groups in total. The third kappa shape index (κ3) is 4.85. The van der Waals surface area contributed by atoms with Crippen molar-refractivity contribution in [2.24, 2.45) is 5.73 Å². The Bertz CT molecular complexity index is 363. The van der Waals surface area contributed by atoms with E-state index in [4.69, 9.17) is 5.73 Å². The molecule has 0 aliphatic heterocycles. The number of rotatable bonds is 7. The van der Waals surface area contributed by atoms with Crippen molar-refractivity contribution in [3.63, 3.8) is 0 Å². The number of hydrogen-bond acceptors (Lipinski definition) is 4. The summed E-state index contributed by atoms with van der Waals surface area (Å²) in [6.07, 6.45) is 0.436. The van der Waals surface area contributed by atoms with E-state index in [2.05, 4.69) is 28.7 Å². The molecule has 18 heavy (non-hydrogen) atoms. The van der Waals surface area contributed by atoms with E-state index in [1.54, 1.807) is 0 Å². The highest BCUT2D eigenvalue weighted by molar-refractivity contribution is 5.69. The molecule has 0 bridgehead atoms. The highest BCUT2D eigenvalue weighted by Crippen LogP contribution is 2.07. The first-order valence-corrected chi connectivity index (χ1v) is 6.26. The standard InChI is InChI=1S/C14H22N2O2/c1-3-16(9-8-14(17)18-2)11-13-6-4-12(10-15)5-7-13/h4-7H,3,8-11,15H2,1-2H3. The van der Waals surface area contributed by atoms with Gasteiger partial charge < -0.3 is 10.5 Å². The van der Waals surface area contributed by atoms with E-state index in [1.165, 1.54) is 12.7 Å². The molecule has 4 heteroatoms. The summed E-state index contributed by atoms with van der Waals surface area (Å²) in [5.41, 5.74) is 7.93. The van der Waals surface area contributed by atoms with Crippen LogP contribution in [0.5, 0.6) is 0 Å². The second-order valence-electron chi connectivity index (χ2n) is 4.22. The average molecular weight is 250 g/mol. The van der Waals surface area contributed by atoms with Crippen LogP contribution in [0.15, 0.2) is 24.3 Å². The van der Waals surface area contributed by atoms with E-state index < -0.39 is 0 Å². The van der Waals surface area contributed by atoms with E-state index in [0.29, 0.717) is 13.0 Å². The number of carbonyl (C=O) groups is 1. The maximum absolute atomic E-state index is 11.1. The van der Waals surface area contributed by atoms with Crippen molar-refractivity contribution in [2.45, 2.75) is 26.4 Å². The summed E-state index contributed by atoms with van der Waals surface area (Å²) < 4.78 is 4.65. The summed E-state index contributed by atoms with van der Waals surface area (Å²) >= 11 is 0. The van der Waals surface area contributed by atoms with Crippen LogP contribution in [0.3, 0.4) is 0 Å². The molecule has 0 atom stereocenters. The third-order valence-electron chi connectivity index (χ3n) is 2.97. The molecule has 0 amide bonds. The smallest absolute Gasteiger partial charge is 0.306 e. The van der Waals surface area contributed by atoms with Crippen LogP contribution in [0, 0.1) is 0 Å². The maximum atomic E-state index is 11.1. The molecule has 0 spiro atoms. The van der Waals surface area contributed by atoms with E-state index in [0.717, 1.165) is 25.2 Å². The number of nitrogens with zero attached hydrogens (tertiary/aromatic N) is 1. The van der Waals surface area contributed by atoms with Crippen LogP contribution in [0.4, 0.5) is 0 Å². The molecular formula is C14H22N2O2. The molecule has 0 heterocycles. The van der Waals surface area contributed by atoms with Crippen LogP contribution in [-0.4, -0.2) is 31.1 Å². The lowest BCUT2D eigenvalue weighted by atomic mass is 10.1. The number of methoxy groups -OCH3 is 1. The van der Waals surface area contributed by atoms with Crippen molar-refractivity contribution in [3.8, 4) is 0 Å². The lowest BCUT2D eigenvalue weighted by Crippen LogP contribution is -2.26. The molecule has 0 aromatic heterocycles. The molecule has 0 fully saturated rings. The lowest BCUT2D eigenvalue weighted by Gasteiger charge is -2.19. The Balaban J connectivity index is 2.48. The number of carbonyl (C=O) groups excluding carboxylic acids is 1. The first kappa shape index (κ1) is 14.7. The minimum atomic E-state index is -0.160. The second kappa shape index (κ2) is 7.84. The van der Waals surface area contributed by atoms with Crippen molar-refractivity contribution in [1.29, 1.82) is 0 Å². The topological polar surface area (TPSA) is 55.6 Å². The van der Waals surface area contributed by atoms with Crippen LogP contribution >= 0.6 is 0 Å². The van der Waals surface area contributed by atoms with Crippen molar-refractivity contribution in [1.82, 2.24) is 4.90 Å². The quantitative estimate of drug-likeness (QED) is 0.746. The molecular weight excluding hydrogens is 228 g/mol. The van der Waals surface area contributed by atoms with Gasteiger partial charge in [0.1, 0.15) is 0 Å². The Morgan fingerprint density at radius 3 is 2.39 bits per heavy atom. The predicted molar refractivity (Wildman–Crippen MR) is 71.9 cm³/mol. The van der Waals surface area contributed by atoms with E-state index in [-0.39, 0.29) is 5.97 Å². The third-order valence-corrected chi connectivity index (χ3v) is 2.97. The zero-order valence-electron chi connectivity index (χ0n) is 11.2. The molecule has 100 valence electrons.